The molecule has 6 aromatic rings. The molecule has 0 amide bonds. The van der Waals surface area contributed by atoms with Crippen molar-refractivity contribution in [3.8, 4) is 0 Å². The van der Waals surface area contributed by atoms with E-state index >= 15 is 0 Å². The molecule has 0 spiro atoms. The highest BCUT2D eigenvalue weighted by molar-refractivity contribution is 7.95. The van der Waals surface area contributed by atoms with E-state index in [2.05, 4.69) is 182 Å². The van der Waals surface area contributed by atoms with Gasteiger partial charge in [0.15, 0.2) is 0 Å². The van der Waals surface area contributed by atoms with E-state index in [4.69, 9.17) is 4.74 Å². The Balaban J connectivity index is 1.33. The van der Waals surface area contributed by atoms with Crippen molar-refractivity contribution in [1.29, 1.82) is 0 Å². The molecule has 0 fully saturated rings. The first-order valence-corrected chi connectivity index (χ1v) is 17.2. The average Bonchev–Trinajstić information content (AvgIpc) is 3.11. The molecule has 0 heterocycles. The van der Waals surface area contributed by atoms with Crippen molar-refractivity contribution in [3.05, 3.63) is 199 Å². The zero-order valence-electron chi connectivity index (χ0n) is 24.5. The van der Waals surface area contributed by atoms with Gasteiger partial charge >= 0.3 is 0 Å². The molecule has 0 N–H and O–H groups in total. The third-order valence-electron chi connectivity index (χ3n) is 8.34. The molecular weight excluding hydrogens is 539 g/mol. The predicted octanol–water partition coefficient (Wildman–Crippen LogP) is 8.77. The Hall–Kier alpha value is -4.29. The van der Waals surface area contributed by atoms with Gasteiger partial charge in [0.25, 0.3) is 0 Å². The molecule has 0 bridgehead atoms. The summed E-state index contributed by atoms with van der Waals surface area (Å²) in [4.78, 5) is 0. The predicted molar refractivity (Wildman–Crippen MR) is 184 cm³/mol. The standard InChI is InChI=1S/C41H38OP/c1-7-21-35(22-8-1)41(36-23-9-2-10-24-36,37-25-11-3-12-26-37)42-33-19-20-34-43(38-27-13-4-14-28-38,39-29-15-5-16-30-39)40-31-17-6-18-32-40/h1-18,21-32H,19-20,33-34H2/q+1. The first kappa shape index (κ1) is 28.8. The molecule has 6 rings (SSSR count). The summed E-state index contributed by atoms with van der Waals surface area (Å²) in [6.45, 7) is 0.650. The lowest BCUT2D eigenvalue weighted by Crippen LogP contribution is -2.34. The third kappa shape index (κ3) is 5.98. The van der Waals surface area contributed by atoms with Gasteiger partial charge in [0.1, 0.15) is 28.8 Å². The summed E-state index contributed by atoms with van der Waals surface area (Å²) in [7, 11) is -1.86. The highest BCUT2D eigenvalue weighted by Gasteiger charge is 2.44. The van der Waals surface area contributed by atoms with Crippen molar-refractivity contribution in [2.24, 2.45) is 0 Å². The summed E-state index contributed by atoms with van der Waals surface area (Å²) in [5, 5.41) is 4.29. The molecule has 43 heavy (non-hydrogen) atoms. The molecule has 212 valence electrons. The quantitative estimate of drug-likeness (QED) is 0.0803. The minimum Gasteiger partial charge on any atom is -0.361 e. The summed E-state index contributed by atoms with van der Waals surface area (Å²) >= 11 is 0. The van der Waals surface area contributed by atoms with Gasteiger partial charge in [-0.05, 0) is 65.9 Å². The molecule has 1 nitrogen and oxygen atoms in total. The molecule has 0 aliphatic carbocycles. The van der Waals surface area contributed by atoms with Gasteiger partial charge in [-0.1, -0.05) is 146 Å². The number of rotatable bonds is 12. The van der Waals surface area contributed by atoms with Crippen LogP contribution in [0.1, 0.15) is 29.5 Å². The smallest absolute Gasteiger partial charge is 0.143 e. The summed E-state index contributed by atoms with van der Waals surface area (Å²) < 4.78 is 7.13. The summed E-state index contributed by atoms with van der Waals surface area (Å²) in [6.07, 6.45) is 3.10. The van der Waals surface area contributed by atoms with Crippen LogP contribution in [0.25, 0.3) is 0 Å². The Morgan fingerprint density at radius 1 is 0.372 bits per heavy atom. The van der Waals surface area contributed by atoms with Gasteiger partial charge in [0, 0.05) is 6.61 Å². The van der Waals surface area contributed by atoms with E-state index in [0.29, 0.717) is 6.61 Å². The minimum absolute atomic E-state index is 0.650. The number of ether oxygens (including phenoxy) is 1. The van der Waals surface area contributed by atoms with Crippen molar-refractivity contribution >= 4 is 23.2 Å². The summed E-state index contributed by atoms with van der Waals surface area (Å²) in [5.41, 5.74) is 2.75. The van der Waals surface area contributed by atoms with Crippen molar-refractivity contribution in [2.45, 2.75) is 18.4 Å². The SMILES string of the molecule is c1ccc(C(OCCCC[P+](c2ccccc2)(c2ccccc2)c2ccccc2)(c2ccccc2)c2ccccc2)cc1. The summed E-state index contributed by atoms with van der Waals surface area (Å²) in [6, 6.07) is 65.5. The lowest BCUT2D eigenvalue weighted by molar-refractivity contribution is 0.0114. The van der Waals surface area contributed by atoms with E-state index in [1.54, 1.807) is 0 Å². The fourth-order valence-corrected chi connectivity index (χ4v) is 10.7. The molecule has 0 aromatic heterocycles. The minimum atomic E-state index is -1.86. The van der Waals surface area contributed by atoms with Gasteiger partial charge in [-0.15, -0.1) is 0 Å². The van der Waals surface area contributed by atoms with E-state index < -0.39 is 12.9 Å². The Labute approximate surface area is 257 Å². The van der Waals surface area contributed by atoms with Gasteiger partial charge in [0.2, 0.25) is 0 Å². The molecule has 6 aromatic carbocycles. The number of unbranched alkanes of at least 4 members (excludes halogenated alkanes) is 1. The Morgan fingerprint density at radius 2 is 0.674 bits per heavy atom. The van der Waals surface area contributed by atoms with Crippen LogP contribution in [0.4, 0.5) is 0 Å². The second-order valence-electron chi connectivity index (χ2n) is 10.9. The molecular formula is C41H38OP+. The van der Waals surface area contributed by atoms with Crippen LogP contribution >= 0.6 is 7.26 Å². The highest BCUT2D eigenvalue weighted by Crippen LogP contribution is 2.56. The average molecular weight is 578 g/mol. The Morgan fingerprint density at radius 3 is 1.00 bits per heavy atom. The van der Waals surface area contributed by atoms with Gasteiger partial charge in [-0.3, -0.25) is 0 Å². The fourth-order valence-electron chi connectivity index (χ4n) is 6.33. The third-order valence-corrected chi connectivity index (χ3v) is 12.9. The van der Waals surface area contributed by atoms with Crippen molar-refractivity contribution in [1.82, 2.24) is 0 Å². The lowest BCUT2D eigenvalue weighted by atomic mass is 9.80. The Kier molecular flexibility index (Phi) is 9.24. The zero-order chi connectivity index (χ0) is 29.2. The van der Waals surface area contributed by atoms with E-state index in [0.717, 1.165) is 35.7 Å². The van der Waals surface area contributed by atoms with Crippen LogP contribution in [0.3, 0.4) is 0 Å². The Bertz CT molecular complexity index is 1330. The van der Waals surface area contributed by atoms with Crippen LogP contribution in [0.2, 0.25) is 0 Å². The van der Waals surface area contributed by atoms with Crippen LogP contribution in [0.15, 0.2) is 182 Å². The van der Waals surface area contributed by atoms with E-state index in [9.17, 15) is 0 Å². The van der Waals surface area contributed by atoms with Crippen molar-refractivity contribution < 1.29 is 4.74 Å². The number of hydrogen-bond acceptors (Lipinski definition) is 1. The van der Waals surface area contributed by atoms with Crippen molar-refractivity contribution in [3.63, 3.8) is 0 Å². The second kappa shape index (κ2) is 13.8. The first-order valence-electron chi connectivity index (χ1n) is 15.2. The molecule has 0 atom stereocenters. The fraction of sp³-hybridized carbons (Fsp3) is 0.122. The van der Waals surface area contributed by atoms with Crippen LogP contribution < -0.4 is 15.9 Å². The molecule has 0 saturated carbocycles. The molecule has 2 heteroatoms. The van der Waals surface area contributed by atoms with Crippen LogP contribution in [0.5, 0.6) is 0 Å². The lowest BCUT2D eigenvalue weighted by Gasteiger charge is -2.36. The topological polar surface area (TPSA) is 9.23 Å². The van der Waals surface area contributed by atoms with Crippen molar-refractivity contribution in [2.75, 3.05) is 12.8 Å². The first-order chi connectivity index (χ1) is 21.3. The number of benzene rings is 6. The maximum absolute atomic E-state index is 7.13. The molecule has 0 aliphatic heterocycles. The van der Waals surface area contributed by atoms with Crippen LogP contribution in [-0.4, -0.2) is 12.8 Å². The normalized spacial score (nSPS) is 11.7. The molecule has 0 unspecified atom stereocenters. The number of hydrogen-bond donors (Lipinski definition) is 0. The monoisotopic (exact) mass is 577 g/mol. The van der Waals surface area contributed by atoms with Gasteiger partial charge in [-0.25, -0.2) is 0 Å². The largest absolute Gasteiger partial charge is 0.361 e. The molecule has 0 aliphatic rings. The van der Waals surface area contributed by atoms with E-state index in [1.165, 1.54) is 15.9 Å². The molecule has 0 saturated heterocycles. The van der Waals surface area contributed by atoms with Gasteiger partial charge in [0.05, 0.1) is 6.16 Å². The maximum Gasteiger partial charge on any atom is 0.143 e. The van der Waals surface area contributed by atoms with Gasteiger partial charge in [-0.2, -0.15) is 0 Å². The van der Waals surface area contributed by atoms with Gasteiger partial charge < -0.3 is 4.74 Å². The maximum atomic E-state index is 7.13. The van der Waals surface area contributed by atoms with E-state index in [-0.39, 0.29) is 0 Å². The summed E-state index contributed by atoms with van der Waals surface area (Å²) in [5.74, 6) is 0. The van der Waals surface area contributed by atoms with E-state index in [1.807, 2.05) is 0 Å². The van der Waals surface area contributed by atoms with Crippen LogP contribution in [-0.2, 0) is 10.3 Å². The second-order valence-corrected chi connectivity index (χ2v) is 14.5. The zero-order valence-corrected chi connectivity index (χ0v) is 25.4. The highest BCUT2D eigenvalue weighted by atomic mass is 31.2. The van der Waals surface area contributed by atoms with Crippen LogP contribution in [0, 0.1) is 0 Å². The molecule has 0 radical (unpaired) electrons.